The Bertz CT molecular complexity index is 6380. The number of benzene rings is 14. The van der Waals surface area contributed by atoms with Crippen LogP contribution in [0.2, 0.25) is 0 Å². The van der Waals surface area contributed by atoms with Gasteiger partial charge in [-0.3, -0.25) is 0 Å². The summed E-state index contributed by atoms with van der Waals surface area (Å²) in [6.07, 6.45) is 0. The lowest BCUT2D eigenvalue weighted by molar-refractivity contribution is 0.568. The largest absolute Gasteiger partial charge is 0.232 e. The summed E-state index contributed by atoms with van der Waals surface area (Å²) in [5.74, 6) is 6.41. The zero-order valence-electron chi connectivity index (χ0n) is 79.2. The molecule has 12 heteroatoms. The fourth-order valence-corrected chi connectivity index (χ4v) is 14.8. The van der Waals surface area contributed by atoms with Gasteiger partial charge in [0.15, 0.2) is 52.4 Å². The Morgan fingerprint density at radius 2 is 0.291 bits per heavy atom. The Hall–Kier alpha value is -15.7. The van der Waals surface area contributed by atoms with Gasteiger partial charge in [-0.1, -0.05) is 492 Å². The van der Waals surface area contributed by atoms with Crippen molar-refractivity contribution in [2.24, 2.45) is 0 Å². The van der Waals surface area contributed by atoms with Gasteiger partial charge in [0.05, 0.1) is 34.2 Å². The van der Waals surface area contributed by atoms with Crippen molar-refractivity contribution in [3.63, 3.8) is 0 Å². The zero-order valence-corrected chi connectivity index (χ0v) is 79.2. The molecular formula is C122H114N12. The number of nitrogens with zero attached hydrogens (tertiary/aromatic N) is 12. The molecule has 0 radical (unpaired) electrons. The van der Waals surface area contributed by atoms with E-state index in [1.165, 1.54) is 22.3 Å². The normalized spacial score (nSPS) is 11.4. The van der Waals surface area contributed by atoms with Gasteiger partial charge in [0.25, 0.3) is 0 Å². The lowest BCUT2D eigenvalue weighted by Gasteiger charge is -2.19. The Morgan fingerprint density at radius 1 is 0.119 bits per heavy atom. The summed E-state index contributed by atoms with van der Waals surface area (Å²) in [4.78, 5) is 57.8. The lowest BCUT2D eigenvalue weighted by Crippen LogP contribution is -2.15. The van der Waals surface area contributed by atoms with E-state index in [9.17, 15) is 0 Å². The molecule has 12 nitrogen and oxygen atoms in total. The molecule has 0 bridgehead atoms. The maximum absolute atomic E-state index is 4.91. The summed E-state index contributed by atoms with van der Waals surface area (Å²) >= 11 is 0. The van der Waals surface area contributed by atoms with Crippen LogP contribution in [0.4, 0.5) is 0 Å². The molecule has 19 aromatic rings. The van der Waals surface area contributed by atoms with Gasteiger partial charge in [-0.2, -0.15) is 0 Å². The minimum absolute atomic E-state index is 0.0179. The van der Waals surface area contributed by atoms with E-state index in [0.29, 0.717) is 34.9 Å². The molecule has 0 aliphatic carbocycles. The third-order valence-corrected chi connectivity index (χ3v) is 22.7. The molecule has 0 saturated carbocycles. The van der Waals surface area contributed by atoms with Crippen LogP contribution in [0.3, 0.4) is 0 Å². The van der Waals surface area contributed by atoms with Crippen molar-refractivity contribution in [3.8, 4) is 159 Å². The van der Waals surface area contributed by atoms with Gasteiger partial charge in [0.2, 0.25) is 0 Å². The van der Waals surface area contributed by atoms with Crippen LogP contribution in [0.5, 0.6) is 0 Å². The standard InChI is InChI=1S/2C26H24N2.2C25H23N3.C20H20N2/c1-26(2,3)22-16-10-15-21(17-22)25-27-23(19-11-6-4-7-12-19)18-24(28-25)20-13-8-5-9-14-20;1-26(2,3)22-16-14-21(15-17-22)25-27-23(19-10-6-4-7-11-19)18-24(28-25)20-12-8-5-9-13-20;1-25(2,3)21-16-10-15-20(17-21)24-27-22(18-11-6-4-7-12-18)26-23(28-24)19-13-8-5-9-14-19;1-25(2,3)21-16-14-20(15-17-21)24-27-22(18-10-6-4-7-11-18)26-23(28-24)19-12-8-5-9-13-19;1-20(2,3)18-14-17(15-10-6-4-7-11-15)21-19(22-18)16-12-8-5-9-13-16/h2*4-18H,1-3H3;2*4-17H,1-3H3;4-14H,1-3H3. The Balaban J connectivity index is 0.000000128. The summed E-state index contributed by atoms with van der Waals surface area (Å²) in [7, 11) is 0. The smallest absolute Gasteiger partial charge is 0.164 e. The zero-order chi connectivity index (χ0) is 93.8. The molecule has 0 fully saturated rings. The molecule has 0 aliphatic rings. The van der Waals surface area contributed by atoms with Gasteiger partial charge in [-0.25, -0.2) is 59.8 Å². The van der Waals surface area contributed by atoms with E-state index < -0.39 is 0 Å². The summed E-state index contributed by atoms with van der Waals surface area (Å²) in [5, 5.41) is 0. The molecule has 5 aromatic heterocycles. The predicted molar refractivity (Wildman–Crippen MR) is 555 cm³/mol. The summed E-state index contributed by atoms with van der Waals surface area (Å²) in [6, 6.07) is 142. The van der Waals surface area contributed by atoms with Gasteiger partial charge in [0, 0.05) is 83.3 Å². The third-order valence-electron chi connectivity index (χ3n) is 22.7. The van der Waals surface area contributed by atoms with Crippen molar-refractivity contribution in [1.82, 2.24) is 59.8 Å². The van der Waals surface area contributed by atoms with E-state index in [1.54, 1.807) is 0 Å². The molecule has 0 unspecified atom stereocenters. The molecule has 0 atom stereocenters. The first kappa shape index (κ1) is 93.0. The van der Waals surface area contributed by atoms with E-state index in [4.69, 9.17) is 59.8 Å². The molecule has 14 aromatic carbocycles. The van der Waals surface area contributed by atoms with Crippen LogP contribution in [-0.4, -0.2) is 59.8 Å². The molecule has 5 heterocycles. The highest BCUT2D eigenvalue weighted by Crippen LogP contribution is 2.37. The van der Waals surface area contributed by atoms with E-state index in [2.05, 4.69) is 292 Å². The van der Waals surface area contributed by atoms with Crippen molar-refractivity contribution in [1.29, 1.82) is 0 Å². The highest BCUT2D eigenvalue weighted by Gasteiger charge is 2.24. The maximum Gasteiger partial charge on any atom is 0.164 e. The number of aromatic nitrogens is 12. The number of hydrogen-bond donors (Lipinski definition) is 0. The molecule has 134 heavy (non-hydrogen) atoms. The van der Waals surface area contributed by atoms with Crippen molar-refractivity contribution >= 4 is 0 Å². The number of hydrogen-bond acceptors (Lipinski definition) is 12. The highest BCUT2D eigenvalue weighted by atomic mass is 15.0. The fourth-order valence-electron chi connectivity index (χ4n) is 14.8. The van der Waals surface area contributed by atoms with Gasteiger partial charge >= 0.3 is 0 Å². The topological polar surface area (TPSA) is 155 Å². The summed E-state index contributed by atoms with van der Waals surface area (Å²) < 4.78 is 0. The van der Waals surface area contributed by atoms with E-state index in [0.717, 1.165) is 130 Å². The minimum atomic E-state index is -0.0179. The molecule has 0 aliphatic heterocycles. The second-order valence-electron chi connectivity index (χ2n) is 38.2. The molecule has 0 amide bonds. The Morgan fingerprint density at radius 3 is 0.507 bits per heavy atom. The summed E-state index contributed by atoms with van der Waals surface area (Å²) in [6.45, 7) is 33.2. The van der Waals surface area contributed by atoms with Gasteiger partial charge in [-0.05, 0) is 74.2 Å². The van der Waals surface area contributed by atoms with E-state index in [1.807, 2.05) is 231 Å². The van der Waals surface area contributed by atoms with E-state index >= 15 is 0 Å². The SMILES string of the molecule is CC(C)(C)c1cc(-c2ccccc2)nc(-c2ccccc2)n1.CC(C)(C)c1ccc(-c2nc(-c3ccccc3)cc(-c3ccccc3)n2)cc1.CC(C)(C)c1ccc(-c2nc(-c3ccccc3)nc(-c3ccccc3)n2)cc1.CC(C)(C)c1cccc(-c2nc(-c3ccccc3)cc(-c3ccccc3)n2)c1.CC(C)(C)c1cccc(-c2nc(-c3ccccc3)nc(-c3ccccc3)n2)c1. The maximum atomic E-state index is 4.91. The monoisotopic (exact) mass is 1750 g/mol. The lowest BCUT2D eigenvalue weighted by atomic mass is 9.86. The molecule has 662 valence electrons. The van der Waals surface area contributed by atoms with Crippen LogP contribution in [-0.2, 0) is 27.1 Å². The van der Waals surface area contributed by atoms with Gasteiger partial charge in [0.1, 0.15) is 0 Å². The van der Waals surface area contributed by atoms with Crippen LogP contribution in [0.15, 0.2) is 419 Å². The first-order valence-corrected chi connectivity index (χ1v) is 45.7. The summed E-state index contributed by atoms with van der Waals surface area (Å²) in [5.41, 5.74) is 25.8. The molecule has 0 saturated heterocycles. The molecular weight excluding hydrogens is 1630 g/mol. The van der Waals surface area contributed by atoms with Crippen LogP contribution < -0.4 is 0 Å². The molecule has 19 rings (SSSR count). The average molecular weight is 1750 g/mol. The average Bonchev–Trinajstić information content (AvgIpc) is 0.812. The molecule has 0 N–H and O–H groups in total. The van der Waals surface area contributed by atoms with Crippen LogP contribution in [0, 0.1) is 0 Å². The molecule has 0 spiro atoms. The highest BCUT2D eigenvalue weighted by molar-refractivity contribution is 5.76. The predicted octanol–water partition coefficient (Wildman–Crippen LogP) is 31.0. The van der Waals surface area contributed by atoms with Gasteiger partial charge < -0.3 is 0 Å². The van der Waals surface area contributed by atoms with Crippen molar-refractivity contribution in [2.45, 2.75) is 131 Å². The quantitative estimate of drug-likeness (QED) is 0.102. The van der Waals surface area contributed by atoms with Crippen molar-refractivity contribution in [3.05, 3.63) is 447 Å². The van der Waals surface area contributed by atoms with E-state index in [-0.39, 0.29) is 27.1 Å². The van der Waals surface area contributed by atoms with Crippen LogP contribution in [0.25, 0.3) is 159 Å². The Kier molecular flexibility index (Phi) is 29.2. The minimum Gasteiger partial charge on any atom is -0.232 e. The van der Waals surface area contributed by atoms with Crippen molar-refractivity contribution < 1.29 is 0 Å². The second kappa shape index (κ2) is 42.1. The van der Waals surface area contributed by atoms with Gasteiger partial charge in [-0.15, -0.1) is 0 Å². The fraction of sp³-hybridized carbons (Fsp3) is 0.164. The third kappa shape index (κ3) is 24.7. The first-order valence-electron chi connectivity index (χ1n) is 45.7. The Labute approximate surface area is 790 Å². The second-order valence-corrected chi connectivity index (χ2v) is 38.2. The first-order chi connectivity index (χ1) is 64.6. The van der Waals surface area contributed by atoms with Crippen LogP contribution >= 0.6 is 0 Å². The van der Waals surface area contributed by atoms with Crippen LogP contribution in [0.1, 0.15) is 132 Å². The van der Waals surface area contributed by atoms with Crippen molar-refractivity contribution in [2.75, 3.05) is 0 Å². The number of rotatable bonds is 14.